The summed E-state index contributed by atoms with van der Waals surface area (Å²) >= 11 is -1.68. The van der Waals surface area contributed by atoms with Gasteiger partial charge in [-0.05, 0) is 0 Å². The third-order valence-electron chi connectivity index (χ3n) is 0.577. The van der Waals surface area contributed by atoms with Crippen molar-refractivity contribution in [3.63, 3.8) is 0 Å². The smallest absolute Gasteiger partial charge is 0.359 e. The van der Waals surface area contributed by atoms with E-state index in [0.717, 1.165) is 0 Å². The first kappa shape index (κ1) is 5.26. The van der Waals surface area contributed by atoms with Gasteiger partial charge in [-0.15, -0.1) is 8.75 Å². The molecule has 0 fully saturated rings. The lowest BCUT2D eigenvalue weighted by Crippen LogP contribution is -2.20. The van der Waals surface area contributed by atoms with E-state index in [1.807, 2.05) is 8.75 Å². The summed E-state index contributed by atoms with van der Waals surface area (Å²) < 4.78 is 13.8. The molecule has 5 nitrogen and oxygen atoms in total. The van der Waals surface area contributed by atoms with E-state index < -0.39 is 22.3 Å². The molecule has 44 valence electrons. The van der Waals surface area contributed by atoms with Crippen molar-refractivity contribution >= 4 is 11.1 Å². The molecule has 1 rings (SSSR count). The minimum absolute atomic E-state index is 0.844. The first-order valence-corrected chi connectivity index (χ1v) is 2.88. The van der Waals surface area contributed by atoms with Crippen molar-refractivity contribution in [3.8, 4) is 0 Å². The van der Waals surface area contributed by atoms with Gasteiger partial charge in [0.25, 0.3) is 0 Å². The molecule has 0 spiro atoms. The van der Waals surface area contributed by atoms with Gasteiger partial charge in [0.05, 0.1) is 0 Å². The summed E-state index contributed by atoms with van der Waals surface area (Å²) in [7, 11) is 0. The van der Waals surface area contributed by atoms with E-state index in [-0.39, 0.29) is 0 Å². The summed E-state index contributed by atoms with van der Waals surface area (Å²) in [6, 6.07) is 0. The molecule has 0 aliphatic carbocycles. The van der Waals surface area contributed by atoms with Crippen LogP contribution in [-0.4, -0.2) is 13.3 Å². The van der Waals surface area contributed by atoms with E-state index >= 15 is 0 Å². The van der Waals surface area contributed by atoms with Crippen LogP contribution < -0.4 is 11.1 Å². The Labute approximate surface area is 46.1 Å². The average Bonchev–Trinajstić information content (AvgIpc) is 1.85. The average molecular weight is 134 g/mol. The zero-order chi connectivity index (χ0) is 6.15. The van der Waals surface area contributed by atoms with Gasteiger partial charge in [0.1, 0.15) is 11.1 Å². The molecule has 0 atom stereocenters. The molecule has 0 radical (unpaired) electrons. The number of H-pyrrole nitrogens is 2. The summed E-state index contributed by atoms with van der Waals surface area (Å²) in [4.78, 5) is 20.1. The Bertz CT molecular complexity index is 252. The molecule has 1 heterocycles. The summed E-state index contributed by atoms with van der Waals surface area (Å²) in [5.41, 5.74) is -1.69. The summed E-state index contributed by atoms with van der Waals surface area (Å²) in [5.74, 6) is 0. The molecule has 8 heavy (non-hydrogen) atoms. The highest BCUT2D eigenvalue weighted by molar-refractivity contribution is 7.13. The largest absolute Gasteiger partial charge is 0.549 e. The molecule has 0 aromatic carbocycles. The molecular weight excluding hydrogens is 132 g/mol. The zero-order valence-electron chi connectivity index (χ0n) is 3.63. The fourth-order valence-electron chi connectivity index (χ4n) is 0.287. The fraction of sp³-hybridized carbons (Fsp3) is 0. The van der Waals surface area contributed by atoms with Crippen molar-refractivity contribution < 1.29 is 4.55 Å². The second-order valence-corrected chi connectivity index (χ2v) is 2.08. The third kappa shape index (κ3) is 0.703. The van der Waals surface area contributed by atoms with E-state index in [2.05, 4.69) is 0 Å². The molecule has 1 aromatic rings. The highest BCUT2D eigenvalue weighted by atomic mass is 32.2. The maximum Gasteiger partial charge on any atom is 0.359 e. The lowest BCUT2D eigenvalue weighted by atomic mass is 10.9. The maximum atomic E-state index is 10.1. The summed E-state index contributed by atoms with van der Waals surface area (Å²) in [6.07, 6.45) is 0. The molecule has 1 aromatic heterocycles. The molecule has 0 amide bonds. The molecule has 0 aliphatic heterocycles. The van der Waals surface area contributed by atoms with E-state index in [1.165, 1.54) is 0 Å². The second kappa shape index (κ2) is 1.57. The van der Waals surface area contributed by atoms with Gasteiger partial charge >= 0.3 is 11.1 Å². The number of nitrogens with one attached hydrogen (secondary N) is 2. The Morgan fingerprint density at radius 1 is 1.25 bits per heavy atom. The predicted octanol–water partition coefficient (Wildman–Crippen LogP) is -1.21. The van der Waals surface area contributed by atoms with Crippen LogP contribution in [0.4, 0.5) is 0 Å². The van der Waals surface area contributed by atoms with E-state index in [0.29, 0.717) is 0 Å². The van der Waals surface area contributed by atoms with Gasteiger partial charge in [0.15, 0.2) is 0 Å². The van der Waals surface area contributed by atoms with Gasteiger partial charge < -0.3 is 4.55 Å². The van der Waals surface area contributed by atoms with Crippen molar-refractivity contribution in [1.29, 1.82) is 0 Å². The lowest BCUT2D eigenvalue weighted by Gasteiger charge is -1.72. The number of hydrogen-bond acceptors (Lipinski definition) is 3. The number of aromatic amines is 2. The summed E-state index contributed by atoms with van der Waals surface area (Å²) in [6.45, 7) is 0. The van der Waals surface area contributed by atoms with Crippen LogP contribution in [0, 0.1) is 0 Å². The van der Waals surface area contributed by atoms with E-state index in [9.17, 15) is 14.1 Å². The Hall–Kier alpha value is -0.880. The van der Waals surface area contributed by atoms with Crippen LogP contribution in [0.15, 0.2) is 9.59 Å². The van der Waals surface area contributed by atoms with E-state index in [1.54, 1.807) is 0 Å². The minimum atomic E-state index is -1.68. The molecule has 0 saturated carbocycles. The van der Waals surface area contributed by atoms with Crippen molar-refractivity contribution in [1.82, 2.24) is 8.75 Å². The lowest BCUT2D eigenvalue weighted by molar-refractivity contribution is 0.584. The fourth-order valence-corrected chi connectivity index (χ4v) is 0.860. The van der Waals surface area contributed by atoms with Crippen LogP contribution in [0.3, 0.4) is 0 Å². The first-order valence-electron chi connectivity index (χ1n) is 1.73. The molecular formula is C2H2N2O3S. The van der Waals surface area contributed by atoms with Crippen LogP contribution in [0.1, 0.15) is 0 Å². The highest BCUT2D eigenvalue weighted by Crippen LogP contribution is 1.85. The summed E-state index contributed by atoms with van der Waals surface area (Å²) in [5, 5.41) is 0. The molecule has 0 unspecified atom stereocenters. The van der Waals surface area contributed by atoms with Crippen LogP contribution in [-0.2, 0) is 0 Å². The van der Waals surface area contributed by atoms with Crippen LogP contribution in [0.2, 0.25) is 0 Å². The highest BCUT2D eigenvalue weighted by Gasteiger charge is 1.97. The Morgan fingerprint density at radius 2 is 1.62 bits per heavy atom. The van der Waals surface area contributed by atoms with Gasteiger partial charge in [-0.1, -0.05) is 0 Å². The Balaban J connectivity index is 3.59. The SMILES string of the molecule is O=c1[nH][s+]([O-])[nH]c1=O. The van der Waals surface area contributed by atoms with Crippen molar-refractivity contribution in [3.05, 3.63) is 20.7 Å². The maximum absolute atomic E-state index is 10.1. The Kier molecular flexibility index (Phi) is 1.03. The van der Waals surface area contributed by atoms with Crippen LogP contribution >= 0.6 is 11.1 Å². The van der Waals surface area contributed by atoms with Crippen molar-refractivity contribution in [2.75, 3.05) is 0 Å². The first-order chi connectivity index (χ1) is 3.70. The minimum Gasteiger partial charge on any atom is -0.549 e. The number of hydrogen-bond donors (Lipinski definition) is 2. The third-order valence-corrected chi connectivity index (χ3v) is 1.32. The van der Waals surface area contributed by atoms with Gasteiger partial charge in [0.2, 0.25) is 0 Å². The second-order valence-electron chi connectivity index (χ2n) is 1.13. The monoisotopic (exact) mass is 134 g/mol. The van der Waals surface area contributed by atoms with Gasteiger partial charge in [-0.2, -0.15) is 0 Å². The molecule has 2 N–H and O–H groups in total. The quantitative estimate of drug-likeness (QED) is 0.344. The Morgan fingerprint density at radius 3 is 1.75 bits per heavy atom. The predicted molar refractivity (Wildman–Crippen MR) is 26.3 cm³/mol. The van der Waals surface area contributed by atoms with Crippen molar-refractivity contribution in [2.24, 2.45) is 0 Å². The van der Waals surface area contributed by atoms with E-state index in [4.69, 9.17) is 0 Å². The molecule has 0 aliphatic rings. The van der Waals surface area contributed by atoms with Gasteiger partial charge in [-0.3, -0.25) is 9.59 Å². The van der Waals surface area contributed by atoms with Gasteiger partial charge in [-0.25, -0.2) is 0 Å². The normalized spacial score (nSPS) is 9.62. The van der Waals surface area contributed by atoms with Crippen molar-refractivity contribution in [2.45, 2.75) is 0 Å². The topological polar surface area (TPSA) is 88.8 Å². The molecule has 0 bridgehead atoms. The van der Waals surface area contributed by atoms with Crippen LogP contribution in [0.5, 0.6) is 0 Å². The number of rotatable bonds is 0. The molecule has 6 heteroatoms. The van der Waals surface area contributed by atoms with Gasteiger partial charge in [0, 0.05) is 0 Å². The number of aromatic nitrogens is 2. The standard InChI is InChI=1S/C2H2N2O3S/c5-1-2(6)4-8(7)3-1/h(H,3,5)(H,4,6). The zero-order valence-corrected chi connectivity index (χ0v) is 4.45. The van der Waals surface area contributed by atoms with Crippen LogP contribution in [0.25, 0.3) is 0 Å². The molecule has 0 saturated heterocycles.